The third-order valence-electron chi connectivity index (χ3n) is 1.69. The third-order valence-corrected chi connectivity index (χ3v) is 1.69. The molecule has 0 saturated carbocycles. The first-order valence-electron chi connectivity index (χ1n) is 4.63. The van der Waals surface area contributed by atoms with Crippen molar-refractivity contribution in [1.82, 2.24) is 0 Å². The second-order valence-corrected chi connectivity index (χ2v) is 2.61. The number of hydrogen-bond acceptors (Lipinski definition) is 3. The average molecular weight is 214 g/mol. The van der Waals surface area contributed by atoms with Gasteiger partial charge in [-0.2, -0.15) is 0 Å². The minimum Gasteiger partial charge on any atom is -0.508 e. The summed E-state index contributed by atoms with van der Waals surface area (Å²) in [4.78, 5) is 11.0. The summed E-state index contributed by atoms with van der Waals surface area (Å²) in [5.41, 5.74) is 0.264. The van der Waals surface area contributed by atoms with E-state index < -0.39 is 11.8 Å². The van der Waals surface area contributed by atoms with Crippen LogP contribution in [0.4, 0.5) is 4.39 Å². The van der Waals surface area contributed by atoms with Crippen molar-refractivity contribution in [3.8, 4) is 5.75 Å². The Morgan fingerprint density at radius 1 is 1.40 bits per heavy atom. The molecule has 0 radical (unpaired) electrons. The summed E-state index contributed by atoms with van der Waals surface area (Å²) >= 11 is 0. The zero-order valence-electron chi connectivity index (χ0n) is 9.30. The van der Waals surface area contributed by atoms with Crippen molar-refractivity contribution in [3.05, 3.63) is 29.1 Å². The van der Waals surface area contributed by atoms with Crippen LogP contribution in [0.15, 0.2) is 12.1 Å². The lowest BCUT2D eigenvalue weighted by atomic mass is 10.1. The zero-order valence-corrected chi connectivity index (χ0v) is 9.30. The van der Waals surface area contributed by atoms with E-state index >= 15 is 0 Å². The summed E-state index contributed by atoms with van der Waals surface area (Å²) in [5, 5.41) is 9.09. The van der Waals surface area contributed by atoms with Crippen molar-refractivity contribution < 1.29 is 19.0 Å². The van der Waals surface area contributed by atoms with E-state index in [0.717, 1.165) is 6.07 Å². The zero-order chi connectivity index (χ0) is 12.0. The van der Waals surface area contributed by atoms with Crippen molar-refractivity contribution in [2.75, 3.05) is 7.11 Å². The van der Waals surface area contributed by atoms with Crippen LogP contribution in [-0.4, -0.2) is 18.2 Å². The van der Waals surface area contributed by atoms with E-state index in [9.17, 15) is 9.18 Å². The van der Waals surface area contributed by atoms with Crippen LogP contribution in [0.2, 0.25) is 0 Å². The highest BCUT2D eigenvalue weighted by molar-refractivity contribution is 5.90. The predicted molar refractivity (Wildman–Crippen MR) is 55.5 cm³/mol. The number of ether oxygens (including phenoxy) is 1. The van der Waals surface area contributed by atoms with E-state index in [1.54, 1.807) is 6.92 Å². The smallest absolute Gasteiger partial charge is 0.340 e. The first kappa shape index (κ1) is 13.4. The van der Waals surface area contributed by atoms with Gasteiger partial charge < -0.3 is 9.84 Å². The fraction of sp³-hybridized carbons (Fsp3) is 0.364. The Morgan fingerprint density at radius 2 is 1.93 bits per heavy atom. The maximum atomic E-state index is 13.0. The highest BCUT2D eigenvalue weighted by Crippen LogP contribution is 2.20. The molecule has 0 aliphatic carbocycles. The summed E-state index contributed by atoms with van der Waals surface area (Å²) in [6, 6.07) is 2.14. The van der Waals surface area contributed by atoms with Gasteiger partial charge in [-0.1, -0.05) is 13.8 Å². The van der Waals surface area contributed by atoms with Crippen molar-refractivity contribution in [3.63, 3.8) is 0 Å². The molecule has 1 rings (SSSR count). The van der Waals surface area contributed by atoms with Gasteiger partial charge in [0.1, 0.15) is 11.6 Å². The topological polar surface area (TPSA) is 46.5 Å². The molecule has 0 fully saturated rings. The highest BCUT2D eigenvalue weighted by atomic mass is 19.1. The normalized spacial score (nSPS) is 8.87. The molecule has 0 aliphatic rings. The van der Waals surface area contributed by atoms with Crippen molar-refractivity contribution in [1.29, 1.82) is 0 Å². The number of benzene rings is 1. The number of phenolic OH excluding ortho intramolecular Hbond substituents is 1. The van der Waals surface area contributed by atoms with Gasteiger partial charge in [0.05, 0.1) is 12.7 Å². The third kappa shape index (κ3) is 3.23. The molecule has 1 aromatic rings. The number of carbonyl (C=O) groups is 1. The molecule has 0 heterocycles. The molecule has 0 aromatic heterocycles. The van der Waals surface area contributed by atoms with Crippen molar-refractivity contribution >= 4 is 5.97 Å². The van der Waals surface area contributed by atoms with E-state index in [1.807, 2.05) is 13.8 Å². The number of aryl methyl sites for hydroxylation is 1. The molecule has 0 aliphatic heterocycles. The molecule has 0 saturated heterocycles. The standard InChI is InChI=1S/C9H9FO3.C2H6/c1-5-3-6(9(12)13-2)7(10)4-8(5)11;1-2/h3-4,11H,1-2H3;1-2H3. The molecule has 3 nitrogen and oxygen atoms in total. The SMILES string of the molecule is CC.COC(=O)c1cc(C)c(O)cc1F. The van der Waals surface area contributed by atoms with Crippen LogP contribution in [0, 0.1) is 12.7 Å². The minimum absolute atomic E-state index is 0.169. The van der Waals surface area contributed by atoms with Gasteiger partial charge in [0.25, 0.3) is 0 Å². The number of halogens is 1. The molecule has 1 aromatic carbocycles. The van der Waals surface area contributed by atoms with E-state index in [-0.39, 0.29) is 11.3 Å². The number of phenols is 1. The maximum absolute atomic E-state index is 13.0. The second-order valence-electron chi connectivity index (χ2n) is 2.61. The van der Waals surface area contributed by atoms with Crippen LogP contribution >= 0.6 is 0 Å². The molecule has 84 valence electrons. The summed E-state index contributed by atoms with van der Waals surface area (Å²) in [5.74, 6) is -1.71. The van der Waals surface area contributed by atoms with Gasteiger partial charge in [0, 0.05) is 6.07 Å². The molecule has 0 amide bonds. The van der Waals surface area contributed by atoms with E-state index in [0.29, 0.717) is 5.56 Å². The first-order chi connectivity index (χ1) is 7.06. The van der Waals surface area contributed by atoms with Gasteiger partial charge in [0.15, 0.2) is 0 Å². The number of esters is 1. The fourth-order valence-corrected chi connectivity index (χ4v) is 0.937. The van der Waals surface area contributed by atoms with Crippen LogP contribution < -0.4 is 0 Å². The van der Waals surface area contributed by atoms with Crippen molar-refractivity contribution in [2.24, 2.45) is 0 Å². The fourth-order valence-electron chi connectivity index (χ4n) is 0.937. The molecule has 15 heavy (non-hydrogen) atoms. The van der Waals surface area contributed by atoms with E-state index in [4.69, 9.17) is 5.11 Å². The van der Waals surface area contributed by atoms with Crippen LogP contribution in [0.5, 0.6) is 5.75 Å². The molecular weight excluding hydrogens is 199 g/mol. The van der Waals surface area contributed by atoms with Gasteiger partial charge in [0.2, 0.25) is 0 Å². The Morgan fingerprint density at radius 3 is 2.40 bits per heavy atom. The van der Waals surface area contributed by atoms with Crippen molar-refractivity contribution in [2.45, 2.75) is 20.8 Å². The lowest BCUT2D eigenvalue weighted by Crippen LogP contribution is -2.04. The Hall–Kier alpha value is -1.58. The first-order valence-corrected chi connectivity index (χ1v) is 4.63. The number of rotatable bonds is 1. The van der Waals surface area contributed by atoms with Gasteiger partial charge in [-0.25, -0.2) is 9.18 Å². The monoisotopic (exact) mass is 214 g/mol. The highest BCUT2D eigenvalue weighted by Gasteiger charge is 2.13. The Balaban J connectivity index is 0.000000921. The Kier molecular flexibility index (Phi) is 5.37. The van der Waals surface area contributed by atoms with Gasteiger partial charge in [-0.15, -0.1) is 0 Å². The molecule has 1 N–H and O–H groups in total. The lowest BCUT2D eigenvalue weighted by molar-refractivity contribution is 0.0595. The Labute approximate surface area is 88.5 Å². The summed E-state index contributed by atoms with van der Waals surface area (Å²) in [7, 11) is 1.17. The van der Waals surface area contributed by atoms with E-state index in [1.165, 1.54) is 13.2 Å². The van der Waals surface area contributed by atoms with Gasteiger partial charge >= 0.3 is 5.97 Å². The molecule has 0 unspecified atom stereocenters. The van der Waals surface area contributed by atoms with Gasteiger partial charge in [-0.3, -0.25) is 0 Å². The second kappa shape index (κ2) is 6.01. The number of hydrogen-bond donors (Lipinski definition) is 1. The van der Waals surface area contributed by atoms with E-state index in [2.05, 4.69) is 4.74 Å². The molecule has 4 heteroatoms. The predicted octanol–water partition coefficient (Wildman–Crippen LogP) is 2.65. The quantitative estimate of drug-likeness (QED) is 0.731. The number of methoxy groups -OCH3 is 1. The van der Waals surface area contributed by atoms with Crippen LogP contribution in [-0.2, 0) is 4.74 Å². The number of carbonyl (C=O) groups excluding carboxylic acids is 1. The van der Waals surface area contributed by atoms with Crippen LogP contribution in [0.1, 0.15) is 29.8 Å². The molecular formula is C11H15FO3. The average Bonchev–Trinajstić information content (AvgIpc) is 2.25. The summed E-state index contributed by atoms with van der Waals surface area (Å²) in [6.45, 7) is 5.57. The van der Waals surface area contributed by atoms with Crippen LogP contribution in [0.3, 0.4) is 0 Å². The minimum atomic E-state index is -0.782. The lowest BCUT2D eigenvalue weighted by Gasteiger charge is -2.03. The summed E-state index contributed by atoms with van der Waals surface area (Å²) < 4.78 is 17.4. The molecule has 0 spiro atoms. The largest absolute Gasteiger partial charge is 0.508 e. The van der Waals surface area contributed by atoms with Crippen LogP contribution in [0.25, 0.3) is 0 Å². The maximum Gasteiger partial charge on any atom is 0.340 e. The number of aromatic hydroxyl groups is 1. The Bertz CT molecular complexity index is 348. The molecule has 0 atom stereocenters. The summed E-state index contributed by atoms with van der Waals surface area (Å²) in [6.07, 6.45) is 0. The van der Waals surface area contributed by atoms with Gasteiger partial charge in [-0.05, 0) is 18.6 Å². The molecule has 0 bridgehead atoms.